The largest absolute Gasteiger partial charge is 0.493 e. The molecule has 0 N–H and O–H groups in total. The predicted octanol–water partition coefficient (Wildman–Crippen LogP) is 5.28. The lowest BCUT2D eigenvalue weighted by Crippen LogP contribution is -2.51. The second-order valence-electron chi connectivity index (χ2n) is 7.62. The van der Waals surface area contributed by atoms with E-state index in [2.05, 4.69) is 45.2 Å². The maximum Gasteiger partial charge on any atom is 0.198 e. The van der Waals surface area contributed by atoms with E-state index in [9.17, 15) is 0 Å². The number of hydrogen-bond acceptors (Lipinski definition) is 5. The first-order chi connectivity index (χ1) is 13.6. The minimum absolute atomic E-state index is 0.197. The van der Waals surface area contributed by atoms with Crippen molar-refractivity contribution < 1.29 is 14.2 Å². The predicted molar refractivity (Wildman–Crippen MR) is 111 cm³/mol. The lowest BCUT2D eigenvalue weighted by Gasteiger charge is -2.45. The van der Waals surface area contributed by atoms with Gasteiger partial charge in [0.05, 0.1) is 26.0 Å². The molecule has 1 spiro atoms. The van der Waals surface area contributed by atoms with E-state index in [0.717, 1.165) is 52.3 Å². The number of methoxy groups -OCH3 is 2. The standard InChI is InChI=1S/C22H23BrN2O3/c1-26-20-7-5-14(11-21(20)27-2)17-13-18-16-12-15(23)6-8-19(16)28-22(25(18)24-17)9-3-4-10-22/h5-8,11-12,18H,3-4,9-10,13H2,1-2H3/t18-/m1/s1. The third kappa shape index (κ3) is 2.69. The SMILES string of the molecule is COc1ccc(C2=NN3[C@H](C2)c2cc(Br)ccc2OC32CCCC2)cc1OC. The number of halogens is 1. The first kappa shape index (κ1) is 17.9. The molecule has 0 radical (unpaired) electrons. The summed E-state index contributed by atoms with van der Waals surface area (Å²) in [6.07, 6.45) is 5.24. The summed E-state index contributed by atoms with van der Waals surface area (Å²) in [6, 6.07) is 12.5. The number of ether oxygens (including phenoxy) is 3. The average molecular weight is 443 g/mol. The molecule has 0 saturated heterocycles. The first-order valence-corrected chi connectivity index (χ1v) is 10.5. The van der Waals surface area contributed by atoms with Crippen molar-refractivity contribution >= 4 is 21.6 Å². The molecule has 1 fully saturated rings. The summed E-state index contributed by atoms with van der Waals surface area (Å²) < 4.78 is 18.5. The van der Waals surface area contributed by atoms with E-state index in [-0.39, 0.29) is 11.8 Å². The molecule has 1 saturated carbocycles. The third-order valence-electron chi connectivity index (χ3n) is 6.06. The molecule has 5 nitrogen and oxygen atoms in total. The molecule has 3 aliphatic rings. The van der Waals surface area contributed by atoms with Crippen molar-refractivity contribution in [1.82, 2.24) is 5.01 Å². The Labute approximate surface area is 173 Å². The van der Waals surface area contributed by atoms with E-state index in [1.165, 1.54) is 18.4 Å². The fraction of sp³-hybridized carbons (Fsp3) is 0.409. The third-order valence-corrected chi connectivity index (χ3v) is 6.55. The van der Waals surface area contributed by atoms with E-state index >= 15 is 0 Å². The zero-order valence-electron chi connectivity index (χ0n) is 16.1. The normalized spacial score (nSPS) is 21.8. The minimum Gasteiger partial charge on any atom is -0.493 e. The van der Waals surface area contributed by atoms with E-state index in [0.29, 0.717) is 0 Å². The Hall–Kier alpha value is -2.21. The summed E-state index contributed by atoms with van der Waals surface area (Å²) in [5.74, 6) is 2.45. The van der Waals surface area contributed by atoms with Gasteiger partial charge in [-0.25, -0.2) is 5.01 Å². The molecular weight excluding hydrogens is 420 g/mol. The van der Waals surface area contributed by atoms with Crippen LogP contribution in [0.2, 0.25) is 0 Å². The van der Waals surface area contributed by atoms with Crippen LogP contribution in [0.3, 0.4) is 0 Å². The molecule has 1 atom stereocenters. The number of hydrazone groups is 1. The molecule has 2 aliphatic heterocycles. The van der Waals surface area contributed by atoms with Crippen molar-refractivity contribution in [3.8, 4) is 17.2 Å². The van der Waals surface area contributed by atoms with Crippen LogP contribution in [0.25, 0.3) is 0 Å². The van der Waals surface area contributed by atoms with Gasteiger partial charge < -0.3 is 14.2 Å². The van der Waals surface area contributed by atoms with Crippen LogP contribution in [0.5, 0.6) is 17.2 Å². The molecule has 2 aromatic rings. The van der Waals surface area contributed by atoms with Crippen molar-refractivity contribution in [2.75, 3.05) is 14.2 Å². The molecule has 6 heteroatoms. The summed E-state index contributed by atoms with van der Waals surface area (Å²) in [5, 5.41) is 7.33. The molecular formula is C22H23BrN2O3. The zero-order valence-corrected chi connectivity index (χ0v) is 17.7. The van der Waals surface area contributed by atoms with Gasteiger partial charge in [-0.15, -0.1) is 0 Å². The average Bonchev–Trinajstić information content (AvgIpc) is 3.37. The van der Waals surface area contributed by atoms with Gasteiger partial charge in [0.25, 0.3) is 0 Å². The van der Waals surface area contributed by atoms with Crippen molar-refractivity contribution in [2.24, 2.45) is 5.10 Å². The van der Waals surface area contributed by atoms with Gasteiger partial charge in [0, 0.05) is 34.9 Å². The summed E-state index contributed by atoms with van der Waals surface area (Å²) in [6.45, 7) is 0. The number of nitrogens with zero attached hydrogens (tertiary/aromatic N) is 2. The maximum absolute atomic E-state index is 6.57. The van der Waals surface area contributed by atoms with Crippen LogP contribution in [0.4, 0.5) is 0 Å². The molecule has 146 valence electrons. The topological polar surface area (TPSA) is 43.3 Å². The first-order valence-electron chi connectivity index (χ1n) is 9.71. The quantitative estimate of drug-likeness (QED) is 0.648. The van der Waals surface area contributed by atoms with Gasteiger partial charge in [-0.2, -0.15) is 5.10 Å². The van der Waals surface area contributed by atoms with Crippen LogP contribution in [0, 0.1) is 0 Å². The van der Waals surface area contributed by atoms with Crippen LogP contribution in [-0.4, -0.2) is 30.7 Å². The Morgan fingerprint density at radius 1 is 1.07 bits per heavy atom. The maximum atomic E-state index is 6.57. The smallest absolute Gasteiger partial charge is 0.198 e. The van der Waals surface area contributed by atoms with Crippen LogP contribution in [0.1, 0.15) is 49.3 Å². The van der Waals surface area contributed by atoms with Gasteiger partial charge in [-0.3, -0.25) is 0 Å². The molecule has 2 heterocycles. The van der Waals surface area contributed by atoms with E-state index < -0.39 is 0 Å². The lowest BCUT2D eigenvalue weighted by atomic mass is 9.94. The number of fused-ring (bicyclic) bond motifs is 4. The van der Waals surface area contributed by atoms with Gasteiger partial charge in [0.1, 0.15) is 5.75 Å². The molecule has 28 heavy (non-hydrogen) atoms. The molecule has 0 bridgehead atoms. The summed E-state index contributed by atoms with van der Waals surface area (Å²) >= 11 is 3.62. The van der Waals surface area contributed by atoms with Gasteiger partial charge in [0.2, 0.25) is 0 Å². The minimum atomic E-state index is -0.316. The highest BCUT2D eigenvalue weighted by atomic mass is 79.9. The highest BCUT2D eigenvalue weighted by molar-refractivity contribution is 9.10. The molecule has 1 aliphatic carbocycles. The summed E-state index contributed by atoms with van der Waals surface area (Å²) in [7, 11) is 3.32. The molecule has 5 rings (SSSR count). The van der Waals surface area contributed by atoms with Crippen molar-refractivity contribution in [3.05, 3.63) is 52.0 Å². The Bertz CT molecular complexity index is 953. The van der Waals surface area contributed by atoms with Gasteiger partial charge in [-0.1, -0.05) is 15.9 Å². The number of benzene rings is 2. The zero-order chi connectivity index (χ0) is 19.3. The van der Waals surface area contributed by atoms with Crippen molar-refractivity contribution in [3.63, 3.8) is 0 Å². The Kier molecular flexibility index (Phi) is 4.27. The second-order valence-corrected chi connectivity index (χ2v) is 8.53. The van der Waals surface area contributed by atoms with Gasteiger partial charge in [0.15, 0.2) is 17.2 Å². The molecule has 0 aromatic heterocycles. The van der Waals surface area contributed by atoms with Crippen molar-refractivity contribution in [2.45, 2.75) is 43.9 Å². The highest BCUT2D eigenvalue weighted by Crippen LogP contribution is 2.52. The van der Waals surface area contributed by atoms with Crippen LogP contribution in [0.15, 0.2) is 46.0 Å². The Morgan fingerprint density at radius 2 is 1.86 bits per heavy atom. The van der Waals surface area contributed by atoms with Crippen LogP contribution < -0.4 is 14.2 Å². The number of rotatable bonds is 3. The van der Waals surface area contributed by atoms with E-state index in [4.69, 9.17) is 19.3 Å². The summed E-state index contributed by atoms with van der Waals surface area (Å²) in [5.41, 5.74) is 3.01. The van der Waals surface area contributed by atoms with Crippen molar-refractivity contribution in [1.29, 1.82) is 0 Å². The number of hydrogen-bond donors (Lipinski definition) is 0. The lowest BCUT2D eigenvalue weighted by molar-refractivity contribution is -0.114. The summed E-state index contributed by atoms with van der Waals surface area (Å²) in [4.78, 5) is 0. The van der Waals surface area contributed by atoms with Gasteiger partial charge in [-0.05, 0) is 49.2 Å². The van der Waals surface area contributed by atoms with Crippen LogP contribution in [-0.2, 0) is 0 Å². The molecule has 0 amide bonds. The van der Waals surface area contributed by atoms with Crippen LogP contribution >= 0.6 is 15.9 Å². The van der Waals surface area contributed by atoms with E-state index in [1.54, 1.807) is 14.2 Å². The second kappa shape index (κ2) is 6.69. The van der Waals surface area contributed by atoms with E-state index in [1.807, 2.05) is 12.1 Å². The fourth-order valence-corrected chi connectivity index (χ4v) is 5.08. The molecule has 0 unspecified atom stereocenters. The Balaban J connectivity index is 1.58. The molecule has 2 aromatic carbocycles. The van der Waals surface area contributed by atoms with Gasteiger partial charge >= 0.3 is 0 Å². The highest BCUT2D eigenvalue weighted by Gasteiger charge is 2.51. The fourth-order valence-electron chi connectivity index (χ4n) is 4.70. The monoisotopic (exact) mass is 442 g/mol. The Morgan fingerprint density at radius 3 is 2.61 bits per heavy atom.